The first-order chi connectivity index (χ1) is 7.43. The number of hydrogen-bond acceptors (Lipinski definition) is 4. The van der Waals surface area contributed by atoms with Gasteiger partial charge in [-0.3, -0.25) is 19.2 Å². The number of hydrogen-bond donors (Lipinski definition) is 0. The summed E-state index contributed by atoms with van der Waals surface area (Å²) in [5, 5.41) is 0. The molecule has 4 nitrogen and oxygen atoms in total. The van der Waals surface area contributed by atoms with Gasteiger partial charge in [-0.15, -0.1) is 0 Å². The average molecular weight is 224 g/mol. The molecule has 88 valence electrons. The fourth-order valence-electron chi connectivity index (χ4n) is 1.75. The van der Waals surface area contributed by atoms with Gasteiger partial charge in [-0.2, -0.15) is 0 Å². The molecule has 0 radical (unpaired) electrons. The van der Waals surface area contributed by atoms with Crippen LogP contribution in [0.1, 0.15) is 39.5 Å². The van der Waals surface area contributed by atoms with Crippen LogP contribution in [0.25, 0.3) is 0 Å². The van der Waals surface area contributed by atoms with Crippen molar-refractivity contribution in [1.82, 2.24) is 0 Å². The molecule has 2 fully saturated rings. The van der Waals surface area contributed by atoms with Gasteiger partial charge in [-0.25, -0.2) is 0 Å². The second kappa shape index (κ2) is 5.14. The summed E-state index contributed by atoms with van der Waals surface area (Å²) in [6, 6.07) is 0. The molecule has 0 amide bonds. The summed E-state index contributed by atoms with van der Waals surface area (Å²) in [4.78, 5) is 42.0. The third kappa shape index (κ3) is 2.84. The Morgan fingerprint density at radius 2 is 1.06 bits per heavy atom. The van der Waals surface area contributed by atoms with Crippen molar-refractivity contribution in [2.24, 2.45) is 11.8 Å². The SMILES string of the molecule is CC1CCC(=O)C1=O.CC1CCC(=O)C1=O. The molecule has 0 aromatic rings. The molecular formula is C12H16O4. The van der Waals surface area contributed by atoms with Crippen LogP contribution in [-0.2, 0) is 19.2 Å². The average Bonchev–Trinajstić information content (AvgIpc) is 2.70. The second-order valence-corrected chi connectivity index (χ2v) is 4.45. The smallest absolute Gasteiger partial charge is 0.201 e. The van der Waals surface area contributed by atoms with E-state index in [2.05, 4.69) is 0 Å². The number of Topliss-reactive ketones (excluding diaryl/α,β-unsaturated/α-hetero) is 4. The topological polar surface area (TPSA) is 68.3 Å². The molecule has 0 heterocycles. The fraction of sp³-hybridized carbons (Fsp3) is 0.667. The molecule has 0 spiro atoms. The van der Waals surface area contributed by atoms with Crippen LogP contribution in [0.2, 0.25) is 0 Å². The van der Waals surface area contributed by atoms with E-state index < -0.39 is 0 Å². The van der Waals surface area contributed by atoms with E-state index in [1.54, 1.807) is 13.8 Å². The van der Waals surface area contributed by atoms with Crippen LogP contribution in [0.3, 0.4) is 0 Å². The Morgan fingerprint density at radius 3 is 1.12 bits per heavy atom. The molecule has 2 saturated carbocycles. The number of rotatable bonds is 0. The third-order valence-corrected chi connectivity index (χ3v) is 3.05. The molecule has 2 unspecified atom stereocenters. The highest BCUT2D eigenvalue weighted by molar-refractivity contribution is 6.40. The van der Waals surface area contributed by atoms with Crippen molar-refractivity contribution in [1.29, 1.82) is 0 Å². The molecule has 0 N–H and O–H groups in total. The predicted octanol–water partition coefficient (Wildman–Crippen LogP) is 1.11. The molecule has 2 aliphatic carbocycles. The lowest BCUT2D eigenvalue weighted by Crippen LogP contribution is -2.09. The Labute approximate surface area is 94.4 Å². The van der Waals surface area contributed by atoms with Crippen molar-refractivity contribution in [2.75, 3.05) is 0 Å². The van der Waals surface area contributed by atoms with E-state index in [-0.39, 0.29) is 35.0 Å². The Morgan fingerprint density at radius 1 is 0.750 bits per heavy atom. The van der Waals surface area contributed by atoms with Gasteiger partial charge in [0.1, 0.15) is 0 Å². The summed E-state index contributed by atoms with van der Waals surface area (Å²) in [5.74, 6) is -0.713. The monoisotopic (exact) mass is 224 g/mol. The van der Waals surface area contributed by atoms with Crippen LogP contribution in [0.5, 0.6) is 0 Å². The lowest BCUT2D eigenvalue weighted by molar-refractivity contribution is -0.135. The predicted molar refractivity (Wildman–Crippen MR) is 56.8 cm³/mol. The van der Waals surface area contributed by atoms with E-state index in [0.717, 1.165) is 12.8 Å². The minimum atomic E-state index is -0.183. The van der Waals surface area contributed by atoms with Crippen LogP contribution in [0, 0.1) is 11.8 Å². The van der Waals surface area contributed by atoms with Gasteiger partial charge in [-0.05, 0) is 12.8 Å². The van der Waals surface area contributed by atoms with Crippen molar-refractivity contribution in [3.63, 3.8) is 0 Å². The van der Waals surface area contributed by atoms with E-state index in [4.69, 9.17) is 0 Å². The van der Waals surface area contributed by atoms with Crippen LogP contribution in [0.4, 0.5) is 0 Å². The number of carbonyl (C=O) groups is 4. The lowest BCUT2D eigenvalue weighted by atomic mass is 10.1. The first-order valence-electron chi connectivity index (χ1n) is 5.57. The normalized spacial score (nSPS) is 29.4. The number of carbonyl (C=O) groups excluding carboxylic acids is 4. The van der Waals surface area contributed by atoms with E-state index >= 15 is 0 Å². The molecule has 16 heavy (non-hydrogen) atoms. The Hall–Kier alpha value is -1.32. The maximum atomic E-state index is 10.6. The van der Waals surface area contributed by atoms with Crippen LogP contribution < -0.4 is 0 Å². The van der Waals surface area contributed by atoms with Crippen molar-refractivity contribution in [3.05, 3.63) is 0 Å². The molecule has 0 aromatic heterocycles. The molecular weight excluding hydrogens is 208 g/mol. The van der Waals surface area contributed by atoms with E-state index in [0.29, 0.717) is 12.8 Å². The summed E-state index contributed by atoms with van der Waals surface area (Å²) >= 11 is 0. The van der Waals surface area contributed by atoms with Crippen LogP contribution in [-0.4, -0.2) is 23.1 Å². The van der Waals surface area contributed by atoms with Crippen LogP contribution in [0.15, 0.2) is 0 Å². The summed E-state index contributed by atoms with van der Waals surface area (Å²) in [6.45, 7) is 3.60. The molecule has 2 atom stereocenters. The number of ketones is 4. The van der Waals surface area contributed by atoms with Crippen molar-refractivity contribution in [3.8, 4) is 0 Å². The zero-order chi connectivity index (χ0) is 12.3. The molecule has 0 aliphatic heterocycles. The van der Waals surface area contributed by atoms with E-state index in [1.807, 2.05) is 0 Å². The Bertz CT molecular complexity index is 309. The Balaban J connectivity index is 0.000000160. The Kier molecular flexibility index (Phi) is 4.10. The molecule has 0 bridgehead atoms. The highest BCUT2D eigenvalue weighted by Gasteiger charge is 2.28. The molecule has 2 rings (SSSR count). The zero-order valence-electron chi connectivity index (χ0n) is 9.62. The van der Waals surface area contributed by atoms with Gasteiger partial charge in [0, 0.05) is 24.7 Å². The van der Waals surface area contributed by atoms with Gasteiger partial charge in [0.2, 0.25) is 11.6 Å². The van der Waals surface area contributed by atoms with Crippen molar-refractivity contribution < 1.29 is 19.2 Å². The zero-order valence-corrected chi connectivity index (χ0v) is 9.62. The van der Waals surface area contributed by atoms with Crippen molar-refractivity contribution >= 4 is 23.1 Å². The standard InChI is InChI=1S/2C6H8O2/c2*1-4-2-3-5(7)6(4)8/h2*4H,2-3H2,1H3. The highest BCUT2D eigenvalue weighted by Crippen LogP contribution is 2.17. The maximum Gasteiger partial charge on any atom is 0.201 e. The van der Waals surface area contributed by atoms with E-state index in [9.17, 15) is 19.2 Å². The van der Waals surface area contributed by atoms with Gasteiger partial charge in [0.05, 0.1) is 0 Å². The highest BCUT2D eigenvalue weighted by atomic mass is 16.2. The minimum absolute atomic E-state index is 0.00231. The molecule has 0 aromatic carbocycles. The van der Waals surface area contributed by atoms with E-state index in [1.165, 1.54) is 0 Å². The summed E-state index contributed by atoms with van der Waals surface area (Å²) in [5.41, 5.74) is 0. The minimum Gasteiger partial charge on any atom is -0.291 e. The first kappa shape index (κ1) is 12.7. The molecule has 2 aliphatic rings. The van der Waals surface area contributed by atoms with Gasteiger partial charge in [0.15, 0.2) is 11.6 Å². The van der Waals surface area contributed by atoms with Gasteiger partial charge < -0.3 is 0 Å². The quantitative estimate of drug-likeness (QED) is 0.578. The second-order valence-electron chi connectivity index (χ2n) is 4.45. The largest absolute Gasteiger partial charge is 0.291 e. The first-order valence-corrected chi connectivity index (χ1v) is 5.57. The van der Waals surface area contributed by atoms with Crippen molar-refractivity contribution in [2.45, 2.75) is 39.5 Å². The van der Waals surface area contributed by atoms with Crippen LogP contribution >= 0.6 is 0 Å². The molecule has 4 heteroatoms. The summed E-state index contributed by atoms with van der Waals surface area (Å²) in [7, 11) is 0. The summed E-state index contributed by atoms with van der Waals surface area (Å²) < 4.78 is 0. The van der Waals surface area contributed by atoms with Gasteiger partial charge in [0.25, 0.3) is 0 Å². The van der Waals surface area contributed by atoms with Gasteiger partial charge in [-0.1, -0.05) is 13.8 Å². The fourth-order valence-corrected chi connectivity index (χ4v) is 1.75. The van der Waals surface area contributed by atoms with Gasteiger partial charge >= 0.3 is 0 Å². The lowest BCUT2D eigenvalue weighted by Gasteiger charge is -1.89. The molecule has 0 saturated heterocycles. The summed E-state index contributed by atoms with van der Waals surface area (Å²) in [6.07, 6.45) is 2.47. The maximum absolute atomic E-state index is 10.6. The third-order valence-electron chi connectivity index (χ3n) is 3.05.